The number of rotatable bonds is 3. The van der Waals surface area contributed by atoms with Gasteiger partial charge in [0.25, 0.3) is 0 Å². The van der Waals surface area contributed by atoms with E-state index in [1.165, 1.54) is 25.3 Å². The van der Waals surface area contributed by atoms with E-state index >= 15 is 0 Å². The number of benzene rings is 1. The molecule has 0 bridgehead atoms. The summed E-state index contributed by atoms with van der Waals surface area (Å²) in [5.74, 6) is 0.661. The predicted octanol–water partition coefficient (Wildman–Crippen LogP) is 4.11. The molecule has 1 aliphatic carbocycles. The number of nitrogens with zero attached hydrogens (tertiary/aromatic N) is 5. The van der Waals surface area contributed by atoms with Crippen molar-refractivity contribution < 1.29 is 4.39 Å². The zero-order valence-corrected chi connectivity index (χ0v) is 17.9. The first-order valence-corrected chi connectivity index (χ1v) is 10.3. The Balaban J connectivity index is 0.000000313. The SMILES string of the molecule is CNC1CCC1.Cc1nc2c(F)cc(-c3ccn4nc(N)ncc34)cc2n1C(C)C. The summed E-state index contributed by atoms with van der Waals surface area (Å²) in [5.41, 5.74) is 9.18. The maximum atomic E-state index is 14.6. The highest BCUT2D eigenvalue weighted by atomic mass is 19.1. The third-order valence-electron chi connectivity index (χ3n) is 5.70. The van der Waals surface area contributed by atoms with Crippen LogP contribution in [0.4, 0.5) is 10.3 Å². The molecule has 1 fully saturated rings. The number of imidazole rings is 1. The zero-order valence-electron chi connectivity index (χ0n) is 17.9. The molecule has 3 N–H and O–H groups in total. The number of aromatic nitrogens is 5. The van der Waals surface area contributed by atoms with Crippen LogP contribution in [-0.2, 0) is 0 Å². The van der Waals surface area contributed by atoms with Crippen molar-refractivity contribution in [1.82, 2.24) is 29.5 Å². The fourth-order valence-electron chi connectivity index (χ4n) is 3.93. The molecule has 4 aromatic rings. The van der Waals surface area contributed by atoms with E-state index in [9.17, 15) is 4.39 Å². The van der Waals surface area contributed by atoms with E-state index in [4.69, 9.17) is 5.73 Å². The number of hydrogen-bond donors (Lipinski definition) is 2. The second-order valence-electron chi connectivity index (χ2n) is 8.04. The van der Waals surface area contributed by atoms with E-state index < -0.39 is 0 Å². The van der Waals surface area contributed by atoms with Crippen molar-refractivity contribution >= 4 is 22.5 Å². The first-order chi connectivity index (χ1) is 14.4. The van der Waals surface area contributed by atoms with E-state index in [0.29, 0.717) is 5.52 Å². The number of nitrogens with two attached hydrogens (primary N) is 1. The van der Waals surface area contributed by atoms with Gasteiger partial charge in [0.15, 0.2) is 5.82 Å². The molecule has 1 aromatic carbocycles. The van der Waals surface area contributed by atoms with Gasteiger partial charge in [-0.1, -0.05) is 6.42 Å². The lowest BCUT2D eigenvalue weighted by molar-refractivity contribution is 0.361. The molecule has 158 valence electrons. The van der Waals surface area contributed by atoms with Gasteiger partial charge in [-0.2, -0.15) is 0 Å². The summed E-state index contributed by atoms with van der Waals surface area (Å²) in [5, 5.41) is 7.33. The lowest BCUT2D eigenvalue weighted by Crippen LogP contribution is -2.31. The summed E-state index contributed by atoms with van der Waals surface area (Å²) in [6.45, 7) is 6.01. The molecule has 1 aliphatic rings. The van der Waals surface area contributed by atoms with Crippen molar-refractivity contribution in [3.8, 4) is 11.1 Å². The molecule has 3 heterocycles. The van der Waals surface area contributed by atoms with Crippen molar-refractivity contribution in [1.29, 1.82) is 0 Å². The predicted molar refractivity (Wildman–Crippen MR) is 118 cm³/mol. The molecule has 0 aliphatic heterocycles. The van der Waals surface area contributed by atoms with E-state index in [-0.39, 0.29) is 17.8 Å². The lowest BCUT2D eigenvalue weighted by Gasteiger charge is -2.23. The highest BCUT2D eigenvalue weighted by Crippen LogP contribution is 2.31. The molecular formula is C22H28FN7. The van der Waals surface area contributed by atoms with Gasteiger partial charge >= 0.3 is 0 Å². The van der Waals surface area contributed by atoms with Crippen LogP contribution in [0.25, 0.3) is 27.7 Å². The third kappa shape index (κ3) is 3.63. The Kier molecular flexibility index (Phi) is 5.42. The van der Waals surface area contributed by atoms with Crippen LogP contribution < -0.4 is 11.1 Å². The Bertz CT molecular complexity index is 1180. The number of nitrogens with one attached hydrogen (secondary N) is 1. The normalized spacial score (nSPS) is 14.2. The van der Waals surface area contributed by atoms with E-state index in [1.54, 1.807) is 16.9 Å². The molecule has 0 unspecified atom stereocenters. The molecule has 30 heavy (non-hydrogen) atoms. The fraction of sp³-hybridized carbons (Fsp3) is 0.409. The van der Waals surface area contributed by atoms with Gasteiger partial charge < -0.3 is 15.6 Å². The molecule has 0 spiro atoms. The van der Waals surface area contributed by atoms with Crippen LogP contribution in [0.5, 0.6) is 0 Å². The largest absolute Gasteiger partial charge is 0.367 e. The number of aryl methyl sites for hydroxylation is 1. The molecule has 1 saturated carbocycles. The van der Waals surface area contributed by atoms with Gasteiger partial charge in [-0.15, -0.1) is 5.10 Å². The lowest BCUT2D eigenvalue weighted by atomic mass is 9.94. The number of nitrogen functional groups attached to an aromatic ring is 1. The Morgan fingerprint density at radius 2 is 2.00 bits per heavy atom. The third-order valence-corrected chi connectivity index (χ3v) is 5.70. The van der Waals surface area contributed by atoms with Gasteiger partial charge in [0.1, 0.15) is 11.3 Å². The standard InChI is InChI=1S/C17H17FN6.C5H11N/c1-9(2)24-10(3)21-16-13(18)6-11(7-14(16)24)12-4-5-23-15(12)8-20-17(19)22-23;1-6-5-3-2-4-5/h4-9H,1-3H3,(H2,19,22);5-6H,2-4H2,1H3. The minimum Gasteiger partial charge on any atom is -0.367 e. The van der Waals surface area contributed by atoms with Gasteiger partial charge in [-0.25, -0.2) is 18.9 Å². The zero-order chi connectivity index (χ0) is 21.4. The van der Waals surface area contributed by atoms with Crippen LogP contribution in [0, 0.1) is 12.7 Å². The van der Waals surface area contributed by atoms with Gasteiger partial charge in [-0.3, -0.25) is 0 Å². The summed E-state index contributed by atoms with van der Waals surface area (Å²) >= 11 is 0. The van der Waals surface area contributed by atoms with Crippen molar-refractivity contribution in [3.63, 3.8) is 0 Å². The summed E-state index contributed by atoms with van der Waals surface area (Å²) in [6, 6.07) is 6.41. The Morgan fingerprint density at radius 3 is 2.60 bits per heavy atom. The highest BCUT2D eigenvalue weighted by Gasteiger charge is 2.17. The second-order valence-corrected chi connectivity index (χ2v) is 8.04. The first kappa shape index (κ1) is 20.3. The summed E-state index contributed by atoms with van der Waals surface area (Å²) in [6.07, 6.45) is 7.67. The molecule has 8 heteroatoms. The van der Waals surface area contributed by atoms with E-state index in [1.807, 2.05) is 30.7 Å². The maximum absolute atomic E-state index is 14.6. The van der Waals surface area contributed by atoms with E-state index in [0.717, 1.165) is 34.0 Å². The molecule has 0 atom stereocenters. The van der Waals surface area contributed by atoms with Crippen LogP contribution in [0.1, 0.15) is 45.0 Å². The molecule has 5 rings (SSSR count). The number of anilines is 1. The van der Waals surface area contributed by atoms with Crippen molar-refractivity contribution in [2.45, 2.75) is 52.1 Å². The number of halogens is 1. The smallest absolute Gasteiger partial charge is 0.238 e. The van der Waals surface area contributed by atoms with Crippen LogP contribution in [0.2, 0.25) is 0 Å². The van der Waals surface area contributed by atoms with Gasteiger partial charge in [0, 0.05) is 23.8 Å². The van der Waals surface area contributed by atoms with Crippen molar-refractivity contribution in [2.24, 2.45) is 0 Å². The number of hydrogen-bond acceptors (Lipinski definition) is 5. The Hall–Kier alpha value is -3.00. The molecule has 7 nitrogen and oxygen atoms in total. The Labute approximate surface area is 175 Å². The average molecular weight is 410 g/mol. The van der Waals surface area contributed by atoms with Crippen molar-refractivity contribution in [3.05, 3.63) is 42.2 Å². The van der Waals surface area contributed by atoms with Gasteiger partial charge in [-0.05, 0) is 64.4 Å². The summed E-state index contributed by atoms with van der Waals surface area (Å²) < 4.78 is 18.3. The topological polar surface area (TPSA) is 86.1 Å². The highest BCUT2D eigenvalue weighted by molar-refractivity contribution is 5.88. The molecule has 0 radical (unpaired) electrons. The van der Waals surface area contributed by atoms with Crippen LogP contribution in [-0.4, -0.2) is 37.2 Å². The minimum absolute atomic E-state index is 0.193. The minimum atomic E-state index is -0.333. The summed E-state index contributed by atoms with van der Waals surface area (Å²) in [4.78, 5) is 8.41. The van der Waals surface area contributed by atoms with E-state index in [2.05, 4.69) is 34.2 Å². The van der Waals surface area contributed by atoms with Gasteiger partial charge in [0.2, 0.25) is 5.95 Å². The molecule has 0 saturated heterocycles. The summed E-state index contributed by atoms with van der Waals surface area (Å²) in [7, 11) is 2.03. The average Bonchev–Trinajstić information content (AvgIpc) is 3.21. The van der Waals surface area contributed by atoms with Crippen LogP contribution >= 0.6 is 0 Å². The van der Waals surface area contributed by atoms with Crippen LogP contribution in [0.3, 0.4) is 0 Å². The van der Waals surface area contributed by atoms with Crippen LogP contribution in [0.15, 0.2) is 30.6 Å². The maximum Gasteiger partial charge on any atom is 0.238 e. The van der Waals surface area contributed by atoms with Crippen molar-refractivity contribution in [2.75, 3.05) is 12.8 Å². The molecule has 3 aromatic heterocycles. The first-order valence-electron chi connectivity index (χ1n) is 10.3. The second kappa shape index (κ2) is 8.02. The fourth-order valence-corrected chi connectivity index (χ4v) is 3.93. The molecular weight excluding hydrogens is 381 g/mol. The Morgan fingerprint density at radius 1 is 1.23 bits per heavy atom. The monoisotopic (exact) mass is 409 g/mol. The number of fused-ring (bicyclic) bond motifs is 2. The van der Waals surface area contributed by atoms with Gasteiger partial charge in [0.05, 0.1) is 17.2 Å². The quantitative estimate of drug-likeness (QED) is 0.532. The molecule has 0 amide bonds.